The molecule has 1 aliphatic heterocycles. The average Bonchev–Trinajstić information content (AvgIpc) is 2.17. The largest absolute Gasteiger partial charge is 0.328 e. The van der Waals surface area contributed by atoms with Crippen LogP contribution in [0.2, 0.25) is 0 Å². The molecular formula is C10H23N3O2S. The minimum Gasteiger partial charge on any atom is -0.328 e. The first-order valence-corrected chi connectivity index (χ1v) is 7.39. The summed E-state index contributed by atoms with van der Waals surface area (Å²) in [6.45, 7) is 4.89. The molecule has 1 rings (SSSR count). The number of rotatable bonds is 5. The molecule has 1 aliphatic rings. The summed E-state index contributed by atoms with van der Waals surface area (Å²) < 4.78 is 28.1. The van der Waals surface area contributed by atoms with E-state index in [9.17, 15) is 8.42 Å². The molecule has 0 aromatic rings. The van der Waals surface area contributed by atoms with Crippen LogP contribution >= 0.6 is 0 Å². The van der Waals surface area contributed by atoms with E-state index >= 15 is 0 Å². The van der Waals surface area contributed by atoms with Crippen LogP contribution in [0.1, 0.15) is 39.5 Å². The summed E-state index contributed by atoms with van der Waals surface area (Å²) in [7, 11) is -3.30. The van der Waals surface area contributed by atoms with Crippen LogP contribution in [0.25, 0.3) is 0 Å². The summed E-state index contributed by atoms with van der Waals surface area (Å²) >= 11 is 0. The van der Waals surface area contributed by atoms with E-state index in [-0.39, 0.29) is 12.1 Å². The van der Waals surface area contributed by atoms with Gasteiger partial charge in [0.1, 0.15) is 0 Å². The lowest BCUT2D eigenvalue weighted by atomic mass is 10.1. The molecule has 0 saturated carbocycles. The molecule has 0 radical (unpaired) electrons. The van der Waals surface area contributed by atoms with Gasteiger partial charge < -0.3 is 5.73 Å². The molecule has 2 atom stereocenters. The first-order valence-electron chi connectivity index (χ1n) is 5.95. The fourth-order valence-electron chi connectivity index (χ4n) is 1.93. The van der Waals surface area contributed by atoms with Crippen LogP contribution in [0, 0.1) is 0 Å². The van der Waals surface area contributed by atoms with Gasteiger partial charge >= 0.3 is 0 Å². The normalized spacial score (nSPS) is 25.6. The van der Waals surface area contributed by atoms with Crippen molar-refractivity contribution in [3.8, 4) is 0 Å². The summed E-state index contributed by atoms with van der Waals surface area (Å²) in [4.78, 5) is 0. The third kappa shape index (κ3) is 4.01. The zero-order valence-electron chi connectivity index (χ0n) is 10.1. The second-order valence-electron chi connectivity index (χ2n) is 4.62. The van der Waals surface area contributed by atoms with Crippen molar-refractivity contribution in [3.63, 3.8) is 0 Å². The van der Waals surface area contributed by atoms with Crippen LogP contribution in [0.5, 0.6) is 0 Å². The van der Waals surface area contributed by atoms with Crippen molar-refractivity contribution in [2.24, 2.45) is 5.73 Å². The minimum atomic E-state index is -3.30. The lowest BCUT2D eigenvalue weighted by Gasteiger charge is -2.32. The summed E-state index contributed by atoms with van der Waals surface area (Å²) in [5.41, 5.74) is 5.58. The molecule has 0 amide bonds. The van der Waals surface area contributed by atoms with Gasteiger partial charge in [0, 0.05) is 25.2 Å². The van der Waals surface area contributed by atoms with Crippen molar-refractivity contribution in [1.29, 1.82) is 0 Å². The molecule has 1 saturated heterocycles. The van der Waals surface area contributed by atoms with Crippen LogP contribution in [0.3, 0.4) is 0 Å². The number of piperidine rings is 1. The molecule has 6 heteroatoms. The van der Waals surface area contributed by atoms with Gasteiger partial charge in [0.2, 0.25) is 0 Å². The number of nitrogens with zero attached hydrogens (tertiary/aromatic N) is 1. The molecule has 3 N–H and O–H groups in total. The molecule has 0 spiro atoms. The molecule has 0 aromatic carbocycles. The summed E-state index contributed by atoms with van der Waals surface area (Å²) in [6, 6.07) is 0.142. The topological polar surface area (TPSA) is 75.4 Å². The van der Waals surface area contributed by atoms with Crippen molar-refractivity contribution in [1.82, 2.24) is 9.03 Å². The molecule has 0 aliphatic carbocycles. The Bertz CT molecular complexity index is 303. The van der Waals surface area contributed by atoms with Gasteiger partial charge in [0.25, 0.3) is 10.2 Å². The molecule has 5 nitrogen and oxygen atoms in total. The van der Waals surface area contributed by atoms with Crippen molar-refractivity contribution in [3.05, 3.63) is 0 Å². The number of hydrogen-bond donors (Lipinski definition) is 2. The van der Waals surface area contributed by atoms with Gasteiger partial charge in [0.15, 0.2) is 0 Å². The maximum Gasteiger partial charge on any atom is 0.279 e. The monoisotopic (exact) mass is 249 g/mol. The van der Waals surface area contributed by atoms with Crippen molar-refractivity contribution in [2.75, 3.05) is 13.1 Å². The Hall–Kier alpha value is -0.170. The van der Waals surface area contributed by atoms with Crippen LogP contribution in [-0.4, -0.2) is 37.9 Å². The van der Waals surface area contributed by atoms with Crippen LogP contribution in [0.4, 0.5) is 0 Å². The number of nitrogens with two attached hydrogens (primary N) is 1. The van der Waals surface area contributed by atoms with Gasteiger partial charge in [0.05, 0.1) is 0 Å². The SMILES string of the molecule is CC(N)CCNS(=O)(=O)N1CCCCC1C. The minimum absolute atomic E-state index is 0.0291. The molecule has 0 bridgehead atoms. The Morgan fingerprint density at radius 3 is 2.75 bits per heavy atom. The fourth-order valence-corrected chi connectivity index (χ4v) is 3.42. The zero-order valence-corrected chi connectivity index (χ0v) is 11.0. The lowest BCUT2D eigenvalue weighted by Crippen LogP contribution is -2.48. The van der Waals surface area contributed by atoms with E-state index in [0.29, 0.717) is 19.5 Å². The van der Waals surface area contributed by atoms with Gasteiger partial charge in [-0.15, -0.1) is 0 Å². The highest BCUT2D eigenvalue weighted by atomic mass is 32.2. The summed E-state index contributed by atoms with van der Waals surface area (Å²) in [5, 5.41) is 0. The fraction of sp³-hybridized carbons (Fsp3) is 1.00. The predicted octanol–water partition coefficient (Wildman–Crippen LogP) is 0.433. The van der Waals surface area contributed by atoms with E-state index in [2.05, 4.69) is 4.72 Å². The quantitative estimate of drug-likeness (QED) is 0.742. The van der Waals surface area contributed by atoms with E-state index in [1.807, 2.05) is 13.8 Å². The van der Waals surface area contributed by atoms with E-state index < -0.39 is 10.2 Å². The van der Waals surface area contributed by atoms with Crippen molar-refractivity contribution < 1.29 is 8.42 Å². The standard InChI is InChI=1S/C10H23N3O2S/c1-9(11)6-7-12-16(14,15)13-8-4-3-5-10(13)2/h9-10,12H,3-8,11H2,1-2H3. The van der Waals surface area contributed by atoms with Crippen molar-refractivity contribution in [2.45, 2.75) is 51.6 Å². The second-order valence-corrected chi connectivity index (χ2v) is 6.33. The molecule has 96 valence electrons. The Morgan fingerprint density at radius 2 is 2.19 bits per heavy atom. The summed E-state index contributed by atoms with van der Waals surface area (Å²) in [6.07, 6.45) is 3.70. The zero-order chi connectivity index (χ0) is 12.2. The molecule has 2 unspecified atom stereocenters. The van der Waals surface area contributed by atoms with Crippen molar-refractivity contribution >= 4 is 10.2 Å². The van der Waals surface area contributed by atoms with Gasteiger partial charge in [-0.3, -0.25) is 0 Å². The molecule has 1 heterocycles. The Kier molecular flexibility index (Phi) is 5.17. The molecule has 1 fully saturated rings. The van der Waals surface area contributed by atoms with Gasteiger partial charge in [-0.1, -0.05) is 6.42 Å². The Morgan fingerprint density at radius 1 is 1.50 bits per heavy atom. The van der Waals surface area contributed by atoms with Gasteiger partial charge in [-0.05, 0) is 33.1 Å². The molecule has 0 aromatic heterocycles. The third-order valence-electron chi connectivity index (χ3n) is 2.93. The van der Waals surface area contributed by atoms with Crippen LogP contribution in [-0.2, 0) is 10.2 Å². The average molecular weight is 249 g/mol. The Balaban J connectivity index is 2.48. The predicted molar refractivity (Wildman–Crippen MR) is 65.2 cm³/mol. The van der Waals surface area contributed by atoms with Gasteiger partial charge in [-0.25, -0.2) is 4.72 Å². The highest BCUT2D eigenvalue weighted by Crippen LogP contribution is 2.18. The van der Waals surface area contributed by atoms with Crippen LogP contribution < -0.4 is 10.5 Å². The second kappa shape index (κ2) is 5.95. The highest BCUT2D eigenvalue weighted by Gasteiger charge is 2.28. The summed E-state index contributed by atoms with van der Waals surface area (Å²) in [5.74, 6) is 0. The van der Waals surface area contributed by atoms with Crippen LogP contribution in [0.15, 0.2) is 0 Å². The molecule has 16 heavy (non-hydrogen) atoms. The number of hydrogen-bond acceptors (Lipinski definition) is 3. The lowest BCUT2D eigenvalue weighted by molar-refractivity contribution is 0.265. The smallest absolute Gasteiger partial charge is 0.279 e. The Labute approximate surface area is 98.6 Å². The van der Waals surface area contributed by atoms with E-state index in [1.165, 1.54) is 0 Å². The van der Waals surface area contributed by atoms with Gasteiger partial charge in [-0.2, -0.15) is 12.7 Å². The highest BCUT2D eigenvalue weighted by molar-refractivity contribution is 7.87. The third-order valence-corrected chi connectivity index (χ3v) is 4.66. The number of nitrogens with one attached hydrogen (secondary N) is 1. The molecular weight excluding hydrogens is 226 g/mol. The maximum absolute atomic E-state index is 12.0. The van der Waals surface area contributed by atoms with E-state index in [0.717, 1.165) is 19.3 Å². The van der Waals surface area contributed by atoms with E-state index in [1.54, 1.807) is 4.31 Å². The maximum atomic E-state index is 12.0. The van der Waals surface area contributed by atoms with E-state index in [4.69, 9.17) is 5.73 Å². The first-order chi connectivity index (χ1) is 7.43. The first kappa shape index (κ1) is 13.9.